The first-order chi connectivity index (χ1) is 9.61. The Balaban J connectivity index is 1.74. The molecule has 114 valence electrons. The largest absolute Gasteiger partial charge is 0.479 e. The van der Waals surface area contributed by atoms with Gasteiger partial charge >= 0.3 is 12.0 Å². The lowest BCUT2D eigenvalue weighted by Gasteiger charge is -2.37. The van der Waals surface area contributed by atoms with Gasteiger partial charge in [-0.05, 0) is 32.1 Å². The molecule has 2 atom stereocenters. The molecule has 20 heavy (non-hydrogen) atoms. The van der Waals surface area contributed by atoms with Crippen molar-refractivity contribution in [3.05, 3.63) is 0 Å². The van der Waals surface area contributed by atoms with Gasteiger partial charge in [-0.1, -0.05) is 0 Å². The van der Waals surface area contributed by atoms with Gasteiger partial charge in [0.25, 0.3) is 0 Å². The van der Waals surface area contributed by atoms with Crippen LogP contribution < -0.4 is 5.32 Å². The molecule has 1 aliphatic heterocycles. The summed E-state index contributed by atoms with van der Waals surface area (Å²) in [6.07, 6.45) is 3.21. The van der Waals surface area contributed by atoms with E-state index in [2.05, 4.69) is 5.32 Å². The number of ether oxygens (including phenoxy) is 1. The van der Waals surface area contributed by atoms with Gasteiger partial charge in [-0.2, -0.15) is 0 Å². The minimum atomic E-state index is -0.949. The Bertz CT molecular complexity index is 359. The molecule has 1 heterocycles. The summed E-state index contributed by atoms with van der Waals surface area (Å²) in [6.45, 7) is 0.599. The van der Waals surface area contributed by atoms with Crippen molar-refractivity contribution in [2.24, 2.45) is 0 Å². The molecular weight excluding hydrogens is 264 g/mol. The second-order valence-corrected chi connectivity index (χ2v) is 5.35. The molecule has 0 radical (unpaired) electrons. The van der Waals surface area contributed by atoms with Crippen LogP contribution in [0.5, 0.6) is 0 Å². The summed E-state index contributed by atoms with van der Waals surface area (Å²) >= 11 is 0. The zero-order chi connectivity index (χ0) is 14.5. The highest BCUT2D eigenvalue weighted by atomic mass is 16.5. The van der Waals surface area contributed by atoms with Crippen molar-refractivity contribution in [3.8, 4) is 0 Å². The molecular formula is C13H22N2O5. The third-order valence-electron chi connectivity index (χ3n) is 3.98. The van der Waals surface area contributed by atoms with Crippen LogP contribution in [0, 0.1) is 0 Å². The number of carbonyl (C=O) groups excluding carboxylic acids is 1. The average Bonchev–Trinajstić information content (AvgIpc) is 2.82. The first-order valence-electron chi connectivity index (χ1n) is 7.15. The average molecular weight is 286 g/mol. The maximum absolute atomic E-state index is 12.1. The fraction of sp³-hybridized carbons (Fsp3) is 0.846. The van der Waals surface area contributed by atoms with Crippen molar-refractivity contribution < 1.29 is 24.5 Å². The molecule has 0 bridgehead atoms. The summed E-state index contributed by atoms with van der Waals surface area (Å²) in [4.78, 5) is 24.5. The Morgan fingerprint density at radius 1 is 1.25 bits per heavy atom. The number of rotatable bonds is 6. The fourth-order valence-corrected chi connectivity index (χ4v) is 2.60. The normalized spacial score (nSPS) is 26.1. The van der Waals surface area contributed by atoms with E-state index in [0.29, 0.717) is 25.9 Å². The first-order valence-corrected chi connectivity index (χ1v) is 7.15. The number of nitrogens with zero attached hydrogens (tertiary/aromatic N) is 1. The lowest BCUT2D eigenvalue weighted by atomic mass is 9.92. The highest BCUT2D eigenvalue weighted by Crippen LogP contribution is 2.24. The molecule has 2 rings (SSSR count). The predicted octanol–water partition coefficient (Wildman–Crippen LogP) is 0.175. The number of urea groups is 1. The number of hydrogen-bond acceptors (Lipinski definition) is 4. The zero-order valence-corrected chi connectivity index (χ0v) is 11.5. The number of aliphatic hydroxyl groups excluding tert-OH is 1. The minimum Gasteiger partial charge on any atom is -0.479 e. The van der Waals surface area contributed by atoms with Gasteiger partial charge in [0.2, 0.25) is 0 Å². The van der Waals surface area contributed by atoms with Gasteiger partial charge in [0.15, 0.2) is 6.10 Å². The molecule has 1 saturated carbocycles. The predicted molar refractivity (Wildman–Crippen MR) is 70.4 cm³/mol. The summed E-state index contributed by atoms with van der Waals surface area (Å²) in [5.41, 5.74) is 0. The maximum atomic E-state index is 12.1. The van der Waals surface area contributed by atoms with E-state index in [9.17, 15) is 9.59 Å². The van der Waals surface area contributed by atoms with E-state index in [-0.39, 0.29) is 24.8 Å². The van der Waals surface area contributed by atoms with Crippen LogP contribution in [0.3, 0.4) is 0 Å². The molecule has 2 unspecified atom stereocenters. The second kappa shape index (κ2) is 6.90. The van der Waals surface area contributed by atoms with E-state index in [4.69, 9.17) is 14.9 Å². The third-order valence-corrected chi connectivity index (χ3v) is 3.98. The highest BCUT2D eigenvalue weighted by molar-refractivity contribution is 5.75. The molecule has 7 heteroatoms. The Labute approximate surface area is 117 Å². The van der Waals surface area contributed by atoms with Crippen LogP contribution in [0.1, 0.15) is 32.1 Å². The van der Waals surface area contributed by atoms with Gasteiger partial charge < -0.3 is 25.2 Å². The van der Waals surface area contributed by atoms with Crippen LogP contribution in [-0.4, -0.2) is 65.1 Å². The number of amides is 2. The molecule has 2 fully saturated rings. The number of carboxylic acid groups (broad SMARTS) is 1. The minimum absolute atomic E-state index is 0.0507. The van der Waals surface area contributed by atoms with Gasteiger partial charge in [0.1, 0.15) is 0 Å². The summed E-state index contributed by atoms with van der Waals surface area (Å²) < 4.78 is 5.33. The second-order valence-electron chi connectivity index (χ2n) is 5.35. The molecule has 2 amide bonds. The van der Waals surface area contributed by atoms with E-state index in [1.165, 1.54) is 0 Å². The van der Waals surface area contributed by atoms with E-state index >= 15 is 0 Å². The summed E-state index contributed by atoms with van der Waals surface area (Å²) in [7, 11) is 0. The molecule has 7 nitrogen and oxygen atoms in total. The number of carboxylic acids is 1. The molecule has 0 aromatic heterocycles. The smallest absolute Gasteiger partial charge is 0.332 e. The van der Waals surface area contributed by atoms with Gasteiger partial charge in [0, 0.05) is 19.1 Å². The lowest BCUT2D eigenvalue weighted by Crippen LogP contribution is -2.51. The molecule has 0 aromatic rings. The summed E-state index contributed by atoms with van der Waals surface area (Å²) in [6, 6.07) is 0.0181. The molecule has 3 N–H and O–H groups in total. The van der Waals surface area contributed by atoms with Crippen molar-refractivity contribution in [1.29, 1.82) is 0 Å². The number of aliphatic hydroxyl groups is 1. The number of aliphatic carboxylic acids is 1. The Kier molecular flexibility index (Phi) is 5.19. The van der Waals surface area contributed by atoms with Crippen LogP contribution in [0.25, 0.3) is 0 Å². The lowest BCUT2D eigenvalue weighted by molar-refractivity contribution is -0.149. The fourth-order valence-electron chi connectivity index (χ4n) is 2.60. The van der Waals surface area contributed by atoms with E-state index in [1.54, 1.807) is 4.90 Å². The van der Waals surface area contributed by atoms with Crippen molar-refractivity contribution in [2.45, 2.75) is 50.4 Å². The first kappa shape index (κ1) is 15.1. The Morgan fingerprint density at radius 2 is 2.00 bits per heavy atom. The molecule has 0 aromatic carbocycles. The van der Waals surface area contributed by atoms with E-state index in [0.717, 1.165) is 19.3 Å². The molecule has 1 saturated heterocycles. The maximum Gasteiger partial charge on any atom is 0.332 e. The van der Waals surface area contributed by atoms with Crippen LogP contribution in [0.15, 0.2) is 0 Å². The van der Waals surface area contributed by atoms with Gasteiger partial charge in [-0.15, -0.1) is 0 Å². The highest BCUT2D eigenvalue weighted by Gasteiger charge is 2.32. The molecule has 0 spiro atoms. The Hall–Kier alpha value is -1.34. The number of nitrogens with one attached hydrogen (secondary N) is 1. The molecule has 2 aliphatic rings. The van der Waals surface area contributed by atoms with E-state index < -0.39 is 12.1 Å². The van der Waals surface area contributed by atoms with Crippen molar-refractivity contribution in [1.82, 2.24) is 10.2 Å². The monoisotopic (exact) mass is 286 g/mol. The van der Waals surface area contributed by atoms with Crippen molar-refractivity contribution in [2.75, 3.05) is 19.7 Å². The van der Waals surface area contributed by atoms with Gasteiger partial charge in [-0.25, -0.2) is 9.59 Å². The van der Waals surface area contributed by atoms with Gasteiger partial charge in [0.05, 0.1) is 12.7 Å². The quantitative estimate of drug-likeness (QED) is 0.646. The van der Waals surface area contributed by atoms with E-state index in [1.807, 2.05) is 0 Å². The third kappa shape index (κ3) is 3.61. The van der Waals surface area contributed by atoms with Crippen molar-refractivity contribution in [3.63, 3.8) is 0 Å². The van der Waals surface area contributed by atoms with Crippen molar-refractivity contribution >= 4 is 12.0 Å². The number of carbonyl (C=O) groups is 2. The summed E-state index contributed by atoms with van der Waals surface area (Å²) in [5.74, 6) is -0.949. The van der Waals surface area contributed by atoms with Crippen LogP contribution in [-0.2, 0) is 9.53 Å². The molecule has 1 aliphatic carbocycles. The zero-order valence-electron chi connectivity index (χ0n) is 11.5. The standard InChI is InChI=1S/C13H22N2O5/c16-7-6-15(9-2-1-3-9)13(19)14-8-10-4-5-11(20-10)12(17)18/h9-11,16H,1-8H2,(H,14,19)(H,17,18). The topological polar surface area (TPSA) is 99.1 Å². The summed E-state index contributed by atoms with van der Waals surface area (Å²) in [5, 5.41) is 20.6. The van der Waals surface area contributed by atoms with Crippen LogP contribution in [0.2, 0.25) is 0 Å². The van der Waals surface area contributed by atoms with Crippen LogP contribution in [0.4, 0.5) is 4.79 Å². The van der Waals surface area contributed by atoms with Crippen LogP contribution >= 0.6 is 0 Å². The Morgan fingerprint density at radius 3 is 2.50 bits per heavy atom. The number of hydrogen-bond donors (Lipinski definition) is 3. The van der Waals surface area contributed by atoms with Gasteiger partial charge in [-0.3, -0.25) is 0 Å². The SMILES string of the molecule is O=C(O)C1CCC(CNC(=O)N(CCO)C2CCC2)O1.